The van der Waals surface area contributed by atoms with Crippen LogP contribution in [0.1, 0.15) is 81.8 Å². The van der Waals surface area contributed by atoms with Crippen molar-refractivity contribution in [3.05, 3.63) is 71.8 Å². The molecule has 1 fully saturated rings. The number of ether oxygens (including phenoxy) is 2. The summed E-state index contributed by atoms with van der Waals surface area (Å²) in [5, 5.41) is 12.6. The third kappa shape index (κ3) is 16.2. The van der Waals surface area contributed by atoms with Crippen molar-refractivity contribution in [3.8, 4) is 0 Å². The topological polar surface area (TPSA) is 122 Å². The van der Waals surface area contributed by atoms with Gasteiger partial charge < -0.3 is 14.6 Å². The van der Waals surface area contributed by atoms with Gasteiger partial charge in [-0.1, -0.05) is 67.1 Å². The summed E-state index contributed by atoms with van der Waals surface area (Å²) in [5.74, 6) is 1.34. The maximum absolute atomic E-state index is 12.8. The first kappa shape index (κ1) is 38.6. The lowest BCUT2D eigenvalue weighted by Gasteiger charge is -2.21. The number of likely N-dealkylation sites (tertiary alicyclic amines) is 1. The summed E-state index contributed by atoms with van der Waals surface area (Å²) < 4.78 is 10.9. The highest BCUT2D eigenvalue weighted by atomic mass is 32.2. The second-order valence-corrected chi connectivity index (χ2v) is 14.2. The highest BCUT2D eigenvalue weighted by molar-refractivity contribution is 7.99. The van der Waals surface area contributed by atoms with Crippen LogP contribution >= 0.6 is 23.5 Å². The fourth-order valence-corrected chi connectivity index (χ4v) is 7.71. The Labute approximate surface area is 287 Å². The summed E-state index contributed by atoms with van der Waals surface area (Å²) in [5.41, 5.74) is 2.66. The number of unbranched alkanes of at least 4 members (excludes halogenated alkanes) is 2. The number of benzene rings is 2. The molecule has 1 saturated heterocycles. The molecule has 2 N–H and O–H groups in total. The number of thioether (sulfide) groups is 2. The average Bonchev–Trinajstić information content (AvgIpc) is 3.46. The number of carbonyl (C=O) groups excluding carboxylic acids is 3. The van der Waals surface area contributed by atoms with Gasteiger partial charge in [-0.05, 0) is 55.4 Å². The van der Waals surface area contributed by atoms with Crippen molar-refractivity contribution in [2.24, 2.45) is 0 Å². The van der Waals surface area contributed by atoms with E-state index in [0.717, 1.165) is 42.9 Å². The lowest BCUT2D eigenvalue weighted by molar-refractivity contribution is -0.151. The van der Waals surface area contributed by atoms with E-state index in [1.54, 1.807) is 0 Å². The summed E-state index contributed by atoms with van der Waals surface area (Å²) in [7, 11) is 1.52. The van der Waals surface area contributed by atoms with Crippen LogP contribution in [0.2, 0.25) is 0 Å². The minimum atomic E-state index is -0.864. The molecule has 47 heavy (non-hydrogen) atoms. The van der Waals surface area contributed by atoms with Crippen molar-refractivity contribution in [1.82, 2.24) is 10.2 Å². The predicted octanol–water partition coefficient (Wildman–Crippen LogP) is 6.44. The van der Waals surface area contributed by atoms with Crippen molar-refractivity contribution in [2.45, 2.75) is 99.7 Å². The molecule has 258 valence electrons. The van der Waals surface area contributed by atoms with Gasteiger partial charge in [0.15, 0.2) is 6.23 Å². The Morgan fingerprint density at radius 1 is 0.894 bits per heavy atom. The molecule has 0 radical (unpaired) electrons. The van der Waals surface area contributed by atoms with Gasteiger partial charge in [-0.2, -0.15) is 23.5 Å². The van der Waals surface area contributed by atoms with E-state index in [1.165, 1.54) is 23.1 Å². The molecule has 0 bridgehead atoms. The lowest BCUT2D eigenvalue weighted by Crippen LogP contribution is -2.39. The Hall–Kier alpha value is -2.86. The molecule has 3 atom stereocenters. The summed E-state index contributed by atoms with van der Waals surface area (Å²) in [6.45, 7) is 0.486. The lowest BCUT2D eigenvalue weighted by atomic mass is 10.1. The number of carboxylic acids is 1. The van der Waals surface area contributed by atoms with Crippen molar-refractivity contribution in [2.75, 3.05) is 26.0 Å². The molecule has 3 rings (SSSR count). The number of carboxylic acid groups (broad SMARTS) is 1. The van der Waals surface area contributed by atoms with Crippen LogP contribution in [0.4, 0.5) is 0 Å². The minimum Gasteiger partial charge on any atom is -0.481 e. The molecule has 9 nitrogen and oxygen atoms in total. The SMILES string of the molecule is COC1CC(=O)N(C(=O)CCNC(CCCCC(=O)O)OC(=O)CCCCC(CCSCc2ccccc2)SCc2ccccc2)C1. The Morgan fingerprint density at radius 3 is 2.21 bits per heavy atom. The zero-order valence-corrected chi connectivity index (χ0v) is 29.1. The fraction of sp³-hybridized carbons (Fsp3) is 0.556. The van der Waals surface area contributed by atoms with Crippen LogP contribution in [0.3, 0.4) is 0 Å². The number of esters is 1. The first-order valence-electron chi connectivity index (χ1n) is 16.6. The Balaban J connectivity index is 1.41. The van der Waals surface area contributed by atoms with Crippen LogP contribution < -0.4 is 5.32 Å². The molecular weight excluding hydrogens is 637 g/mol. The Kier molecular flexibility index (Phi) is 18.6. The highest BCUT2D eigenvalue weighted by Gasteiger charge is 2.33. The van der Waals surface area contributed by atoms with E-state index in [2.05, 4.69) is 53.8 Å². The quantitative estimate of drug-likeness (QED) is 0.0725. The van der Waals surface area contributed by atoms with Crippen LogP contribution in [0.15, 0.2) is 60.7 Å². The molecular formula is C36H50N2O7S2. The first-order valence-corrected chi connectivity index (χ1v) is 18.8. The number of nitrogens with zero attached hydrogens (tertiary/aromatic N) is 1. The summed E-state index contributed by atoms with van der Waals surface area (Å²) >= 11 is 3.95. The third-order valence-electron chi connectivity index (χ3n) is 8.00. The van der Waals surface area contributed by atoms with Gasteiger partial charge in [0.05, 0.1) is 19.1 Å². The van der Waals surface area contributed by atoms with Gasteiger partial charge in [-0.3, -0.25) is 29.4 Å². The maximum atomic E-state index is 12.8. The molecule has 0 spiro atoms. The number of aliphatic carboxylic acids is 1. The Morgan fingerprint density at radius 2 is 1.55 bits per heavy atom. The monoisotopic (exact) mass is 686 g/mol. The van der Waals surface area contributed by atoms with Crippen molar-refractivity contribution in [3.63, 3.8) is 0 Å². The molecule has 3 unspecified atom stereocenters. The summed E-state index contributed by atoms with van der Waals surface area (Å²) in [6, 6.07) is 21.0. The number of amides is 2. The molecule has 0 aliphatic carbocycles. The zero-order chi connectivity index (χ0) is 33.7. The third-order valence-corrected chi connectivity index (χ3v) is 10.5. The molecule has 1 heterocycles. The summed E-state index contributed by atoms with van der Waals surface area (Å²) in [6.07, 6.45) is 4.96. The number of rotatable bonds is 24. The number of imide groups is 1. The van der Waals surface area contributed by atoms with E-state index in [0.29, 0.717) is 30.9 Å². The molecule has 1 aliphatic rings. The predicted molar refractivity (Wildman–Crippen MR) is 188 cm³/mol. The largest absolute Gasteiger partial charge is 0.481 e. The van der Waals surface area contributed by atoms with Gasteiger partial charge >= 0.3 is 11.9 Å². The van der Waals surface area contributed by atoms with Gasteiger partial charge in [0, 0.05) is 49.7 Å². The van der Waals surface area contributed by atoms with Gasteiger partial charge in [0.2, 0.25) is 11.8 Å². The van der Waals surface area contributed by atoms with Crippen LogP contribution in [-0.2, 0) is 40.2 Å². The molecule has 0 aromatic heterocycles. The van der Waals surface area contributed by atoms with E-state index in [1.807, 2.05) is 35.7 Å². The number of methoxy groups -OCH3 is 1. The smallest absolute Gasteiger partial charge is 0.307 e. The zero-order valence-electron chi connectivity index (χ0n) is 27.5. The van der Waals surface area contributed by atoms with E-state index >= 15 is 0 Å². The van der Waals surface area contributed by atoms with Crippen molar-refractivity contribution >= 4 is 47.3 Å². The second-order valence-electron chi connectivity index (χ2n) is 11.8. The van der Waals surface area contributed by atoms with E-state index in [9.17, 15) is 19.2 Å². The number of nitrogens with one attached hydrogen (secondary N) is 1. The molecule has 11 heteroatoms. The standard InChI is InChI=1S/C36H50N2O7S2/c1-44-30-24-34(40)38(25-30)33(39)20-22-37-32(17-9-10-18-35(41)42)45-36(43)19-11-8-16-31(47-27-29-14-6-3-7-15-29)21-23-46-26-28-12-4-2-5-13-28/h2-7,12-15,30-32,37H,8-11,16-27H2,1H3,(H,41,42). The van der Waals surface area contributed by atoms with E-state index in [-0.39, 0.29) is 56.2 Å². The second kappa shape index (κ2) is 22.7. The van der Waals surface area contributed by atoms with E-state index < -0.39 is 12.2 Å². The normalized spacial score (nSPS) is 15.8. The van der Waals surface area contributed by atoms with Crippen molar-refractivity contribution < 1.29 is 33.8 Å². The van der Waals surface area contributed by atoms with Gasteiger partial charge in [0.1, 0.15) is 0 Å². The minimum absolute atomic E-state index is 0.0467. The van der Waals surface area contributed by atoms with Gasteiger partial charge in [-0.25, -0.2) is 0 Å². The van der Waals surface area contributed by atoms with Gasteiger partial charge in [0.25, 0.3) is 0 Å². The molecule has 2 aromatic carbocycles. The first-order chi connectivity index (χ1) is 22.8. The maximum Gasteiger partial charge on any atom is 0.307 e. The molecule has 2 amide bonds. The van der Waals surface area contributed by atoms with Crippen LogP contribution in [0.5, 0.6) is 0 Å². The van der Waals surface area contributed by atoms with Crippen LogP contribution in [0, 0.1) is 0 Å². The van der Waals surface area contributed by atoms with Crippen LogP contribution in [-0.4, -0.2) is 77.3 Å². The Bertz CT molecular complexity index is 1220. The van der Waals surface area contributed by atoms with Crippen molar-refractivity contribution in [1.29, 1.82) is 0 Å². The number of hydrogen-bond acceptors (Lipinski definition) is 9. The average molecular weight is 687 g/mol. The number of hydrogen-bond donors (Lipinski definition) is 2. The van der Waals surface area contributed by atoms with E-state index in [4.69, 9.17) is 14.6 Å². The number of carbonyl (C=O) groups is 4. The molecule has 2 aromatic rings. The van der Waals surface area contributed by atoms with Crippen LogP contribution in [0.25, 0.3) is 0 Å². The highest BCUT2D eigenvalue weighted by Crippen LogP contribution is 2.27. The summed E-state index contributed by atoms with van der Waals surface area (Å²) in [4.78, 5) is 49.7. The van der Waals surface area contributed by atoms with Gasteiger partial charge in [-0.15, -0.1) is 0 Å². The fourth-order valence-electron chi connectivity index (χ4n) is 5.29. The molecule has 0 saturated carbocycles. The molecule has 1 aliphatic heterocycles.